The lowest BCUT2D eigenvalue weighted by molar-refractivity contribution is -0.141. The maximum absolute atomic E-state index is 12.3. The predicted octanol–water partition coefficient (Wildman–Crippen LogP) is 1.14. The van der Waals surface area contributed by atoms with Crippen molar-refractivity contribution in [1.29, 1.82) is 0 Å². The predicted molar refractivity (Wildman–Crippen MR) is 77.4 cm³/mol. The van der Waals surface area contributed by atoms with E-state index in [4.69, 9.17) is 5.11 Å². The van der Waals surface area contributed by atoms with Crippen molar-refractivity contribution in [1.82, 2.24) is 4.90 Å². The van der Waals surface area contributed by atoms with Crippen LogP contribution in [0.25, 0.3) is 0 Å². The van der Waals surface area contributed by atoms with Gasteiger partial charge in [-0.15, -0.1) is 0 Å². The number of carboxylic acid groups (broad SMARTS) is 1. The summed E-state index contributed by atoms with van der Waals surface area (Å²) < 4.78 is 0. The molecule has 0 radical (unpaired) electrons. The minimum Gasteiger partial charge on any atom is -0.480 e. The summed E-state index contributed by atoms with van der Waals surface area (Å²) >= 11 is 0. The van der Waals surface area contributed by atoms with Crippen LogP contribution < -0.4 is 4.90 Å². The van der Waals surface area contributed by atoms with Crippen LogP contribution in [-0.4, -0.2) is 47.9 Å². The average molecular weight is 290 g/mol. The first-order valence-corrected chi connectivity index (χ1v) is 6.72. The minimum absolute atomic E-state index is 0.0539. The zero-order valence-electron chi connectivity index (χ0n) is 12.3. The molecule has 0 fully saturated rings. The van der Waals surface area contributed by atoms with Crippen molar-refractivity contribution in [3.05, 3.63) is 29.3 Å². The Hall–Kier alpha value is -2.37. The Morgan fingerprint density at radius 3 is 2.62 bits per heavy atom. The highest BCUT2D eigenvalue weighted by Crippen LogP contribution is 2.28. The molecule has 1 atom stereocenters. The quantitative estimate of drug-likeness (QED) is 0.905. The van der Waals surface area contributed by atoms with Gasteiger partial charge in [-0.1, -0.05) is 0 Å². The van der Waals surface area contributed by atoms with E-state index in [2.05, 4.69) is 0 Å². The first kappa shape index (κ1) is 15.0. The van der Waals surface area contributed by atoms with E-state index in [0.29, 0.717) is 18.4 Å². The normalized spacial score (nSPS) is 15.4. The molecule has 1 unspecified atom stereocenters. The monoisotopic (exact) mass is 290 g/mol. The summed E-state index contributed by atoms with van der Waals surface area (Å²) in [6, 6.07) is 4.21. The third-order valence-electron chi connectivity index (χ3n) is 3.93. The summed E-state index contributed by atoms with van der Waals surface area (Å²) in [5.74, 6) is -1.33. The molecule has 1 aliphatic rings. The van der Waals surface area contributed by atoms with Gasteiger partial charge in [0.15, 0.2) is 0 Å². The van der Waals surface area contributed by atoms with Crippen molar-refractivity contribution >= 4 is 23.5 Å². The van der Waals surface area contributed by atoms with Gasteiger partial charge in [0, 0.05) is 31.8 Å². The zero-order chi connectivity index (χ0) is 15.7. The van der Waals surface area contributed by atoms with Crippen LogP contribution in [0.5, 0.6) is 0 Å². The van der Waals surface area contributed by atoms with Gasteiger partial charge in [-0.25, -0.2) is 4.79 Å². The topological polar surface area (TPSA) is 77.9 Å². The lowest BCUT2D eigenvalue weighted by Crippen LogP contribution is -2.40. The molecular weight excluding hydrogens is 272 g/mol. The zero-order valence-corrected chi connectivity index (χ0v) is 12.3. The summed E-state index contributed by atoms with van der Waals surface area (Å²) in [6.07, 6.45) is 1.01. The number of fused-ring (bicyclic) bond motifs is 1. The number of nitrogens with zero attached hydrogens (tertiary/aromatic N) is 2. The molecule has 21 heavy (non-hydrogen) atoms. The second-order valence-electron chi connectivity index (χ2n) is 5.23. The molecule has 2 rings (SSSR count). The highest BCUT2D eigenvalue weighted by molar-refractivity contribution is 5.99. The van der Waals surface area contributed by atoms with E-state index in [1.807, 2.05) is 0 Å². The number of rotatable bonds is 3. The molecule has 0 aromatic heterocycles. The Bertz CT molecular complexity index is 612. The third-order valence-corrected chi connectivity index (χ3v) is 3.93. The summed E-state index contributed by atoms with van der Waals surface area (Å²) in [4.78, 5) is 37.7. The highest BCUT2D eigenvalue weighted by atomic mass is 16.4. The largest absolute Gasteiger partial charge is 0.480 e. The molecule has 0 spiro atoms. The summed E-state index contributed by atoms with van der Waals surface area (Å²) in [5, 5.41) is 8.97. The van der Waals surface area contributed by atoms with Gasteiger partial charge in [-0.2, -0.15) is 0 Å². The van der Waals surface area contributed by atoms with E-state index < -0.39 is 12.0 Å². The number of anilines is 1. The van der Waals surface area contributed by atoms with E-state index in [1.165, 1.54) is 18.9 Å². The van der Waals surface area contributed by atoms with Crippen LogP contribution in [0.2, 0.25) is 0 Å². The van der Waals surface area contributed by atoms with E-state index >= 15 is 0 Å². The summed E-state index contributed by atoms with van der Waals surface area (Å²) in [7, 11) is 3.18. The number of hydrogen-bond donors (Lipinski definition) is 1. The second-order valence-corrected chi connectivity index (χ2v) is 5.23. The van der Waals surface area contributed by atoms with Gasteiger partial charge in [-0.3, -0.25) is 9.59 Å². The second kappa shape index (κ2) is 5.55. The highest BCUT2D eigenvalue weighted by Gasteiger charge is 2.25. The van der Waals surface area contributed by atoms with Crippen molar-refractivity contribution in [3.8, 4) is 0 Å². The molecule has 0 aliphatic carbocycles. The molecule has 2 amide bonds. The van der Waals surface area contributed by atoms with E-state index in [0.717, 1.165) is 11.3 Å². The van der Waals surface area contributed by atoms with Crippen molar-refractivity contribution in [2.45, 2.75) is 25.8 Å². The standard InChI is InChI=1S/C15H18N2O4/c1-9(15(20)21)16(2)14(19)11-4-6-12-10(8-11)5-7-13(18)17(12)3/h4,6,8-9H,5,7H2,1-3H3,(H,20,21). The Morgan fingerprint density at radius 2 is 2.00 bits per heavy atom. The number of carbonyl (C=O) groups is 3. The van der Waals surface area contributed by atoms with Gasteiger partial charge in [0.2, 0.25) is 5.91 Å². The minimum atomic E-state index is -1.05. The van der Waals surface area contributed by atoms with Crippen LogP contribution in [0.1, 0.15) is 29.3 Å². The first-order chi connectivity index (χ1) is 9.82. The number of hydrogen-bond acceptors (Lipinski definition) is 3. The molecule has 6 heteroatoms. The average Bonchev–Trinajstić information content (AvgIpc) is 2.48. The maximum atomic E-state index is 12.3. The number of aryl methyl sites for hydroxylation is 1. The maximum Gasteiger partial charge on any atom is 0.326 e. The van der Waals surface area contributed by atoms with Gasteiger partial charge < -0.3 is 14.9 Å². The molecule has 0 bridgehead atoms. The number of benzene rings is 1. The van der Waals surface area contributed by atoms with Gasteiger partial charge in [-0.05, 0) is 37.1 Å². The van der Waals surface area contributed by atoms with Crippen LogP contribution >= 0.6 is 0 Å². The molecule has 1 heterocycles. The molecule has 112 valence electrons. The van der Waals surface area contributed by atoms with Crippen molar-refractivity contribution in [2.24, 2.45) is 0 Å². The Kier molecular flexibility index (Phi) is 3.97. The van der Waals surface area contributed by atoms with Gasteiger partial charge in [0.25, 0.3) is 5.91 Å². The van der Waals surface area contributed by atoms with Gasteiger partial charge in [0.1, 0.15) is 6.04 Å². The molecule has 1 aromatic carbocycles. The van der Waals surface area contributed by atoms with Crippen LogP contribution in [0.4, 0.5) is 5.69 Å². The fourth-order valence-corrected chi connectivity index (χ4v) is 2.33. The molecule has 1 aromatic rings. The molecular formula is C15H18N2O4. The van der Waals surface area contributed by atoms with Gasteiger partial charge in [0.05, 0.1) is 0 Å². The fourth-order valence-electron chi connectivity index (χ4n) is 2.33. The van der Waals surface area contributed by atoms with Gasteiger partial charge >= 0.3 is 5.97 Å². The number of amides is 2. The first-order valence-electron chi connectivity index (χ1n) is 6.72. The molecule has 0 saturated heterocycles. The number of carbonyl (C=O) groups excluding carboxylic acids is 2. The Labute approximate surface area is 123 Å². The summed E-state index contributed by atoms with van der Waals surface area (Å²) in [5.41, 5.74) is 2.17. The third kappa shape index (κ3) is 2.74. The lowest BCUT2D eigenvalue weighted by Gasteiger charge is -2.27. The van der Waals surface area contributed by atoms with Crippen LogP contribution in [0.3, 0.4) is 0 Å². The fraction of sp³-hybridized carbons (Fsp3) is 0.400. The Morgan fingerprint density at radius 1 is 1.33 bits per heavy atom. The van der Waals surface area contributed by atoms with E-state index in [1.54, 1.807) is 30.1 Å². The molecule has 6 nitrogen and oxygen atoms in total. The van der Waals surface area contributed by atoms with Crippen molar-refractivity contribution < 1.29 is 19.5 Å². The van der Waals surface area contributed by atoms with Crippen molar-refractivity contribution in [2.75, 3.05) is 19.0 Å². The van der Waals surface area contributed by atoms with Crippen LogP contribution in [0, 0.1) is 0 Å². The Balaban J connectivity index is 2.29. The smallest absolute Gasteiger partial charge is 0.326 e. The lowest BCUT2D eigenvalue weighted by atomic mass is 9.98. The van der Waals surface area contributed by atoms with E-state index in [9.17, 15) is 14.4 Å². The van der Waals surface area contributed by atoms with Crippen LogP contribution in [0.15, 0.2) is 18.2 Å². The number of carboxylic acids is 1. The SMILES string of the molecule is CC(C(=O)O)N(C)C(=O)c1ccc2c(c1)CCC(=O)N2C. The molecule has 1 N–H and O–H groups in total. The summed E-state index contributed by atoms with van der Waals surface area (Å²) in [6.45, 7) is 1.46. The van der Waals surface area contributed by atoms with Crippen molar-refractivity contribution in [3.63, 3.8) is 0 Å². The van der Waals surface area contributed by atoms with Crippen LogP contribution in [-0.2, 0) is 16.0 Å². The molecule has 1 aliphatic heterocycles. The number of aliphatic carboxylic acids is 1. The number of likely N-dealkylation sites (N-methyl/N-ethyl adjacent to an activating group) is 1. The van der Waals surface area contributed by atoms with E-state index in [-0.39, 0.29) is 11.8 Å². The molecule has 0 saturated carbocycles.